The molecule has 0 atom stereocenters. The van der Waals surface area contributed by atoms with E-state index in [4.69, 9.17) is 9.15 Å². The van der Waals surface area contributed by atoms with Crippen molar-refractivity contribution >= 4 is 11.6 Å². The van der Waals surface area contributed by atoms with E-state index in [-0.39, 0.29) is 5.91 Å². The second-order valence-electron chi connectivity index (χ2n) is 8.27. The van der Waals surface area contributed by atoms with E-state index in [0.29, 0.717) is 30.5 Å². The minimum atomic E-state index is -0.526. The minimum absolute atomic E-state index is 0.0342. The summed E-state index contributed by atoms with van der Waals surface area (Å²) < 4.78 is 11.4. The fraction of sp³-hybridized carbons (Fsp3) is 0.375. The lowest BCUT2D eigenvalue weighted by Gasteiger charge is -2.24. The summed E-state index contributed by atoms with van der Waals surface area (Å²) in [4.78, 5) is 12.8. The predicted molar refractivity (Wildman–Crippen MR) is 118 cm³/mol. The standard InChI is InChI=1S/C24H29N3O3/c1-16-10-11-17(2)21(14-16)29-13-7-12-24(4,5)23(28)25-20-9-6-8-19(15-20)22-27-26-18(3)30-22/h6,8-11,14-15H,7,12-13H2,1-5H3,(H,25,28). The average Bonchev–Trinajstić information content (AvgIpc) is 3.14. The van der Waals surface area contributed by atoms with Gasteiger partial charge in [-0.1, -0.05) is 32.0 Å². The molecule has 0 unspecified atom stereocenters. The van der Waals surface area contributed by atoms with Crippen LogP contribution in [0.2, 0.25) is 0 Å². The molecule has 0 radical (unpaired) electrons. The first-order valence-corrected chi connectivity index (χ1v) is 10.2. The van der Waals surface area contributed by atoms with Crippen molar-refractivity contribution in [1.82, 2.24) is 10.2 Å². The van der Waals surface area contributed by atoms with Gasteiger partial charge in [0, 0.05) is 23.6 Å². The number of carbonyl (C=O) groups excluding carboxylic acids is 1. The Kier molecular flexibility index (Phi) is 6.55. The number of amides is 1. The van der Waals surface area contributed by atoms with Crippen LogP contribution in [0.4, 0.5) is 5.69 Å². The third kappa shape index (κ3) is 5.47. The van der Waals surface area contributed by atoms with Gasteiger partial charge in [0.15, 0.2) is 0 Å². The van der Waals surface area contributed by atoms with Crippen LogP contribution in [0.3, 0.4) is 0 Å². The summed E-state index contributed by atoms with van der Waals surface area (Å²) in [7, 11) is 0. The van der Waals surface area contributed by atoms with E-state index in [1.807, 2.05) is 58.0 Å². The van der Waals surface area contributed by atoms with Gasteiger partial charge < -0.3 is 14.5 Å². The molecule has 0 aliphatic carbocycles. The van der Waals surface area contributed by atoms with E-state index in [2.05, 4.69) is 27.6 Å². The van der Waals surface area contributed by atoms with E-state index < -0.39 is 5.41 Å². The van der Waals surface area contributed by atoms with Gasteiger partial charge in [0.05, 0.1) is 6.61 Å². The summed E-state index contributed by atoms with van der Waals surface area (Å²) in [6.45, 7) is 10.3. The van der Waals surface area contributed by atoms with Crippen LogP contribution < -0.4 is 10.1 Å². The van der Waals surface area contributed by atoms with Crippen molar-refractivity contribution in [3.05, 3.63) is 59.5 Å². The molecular formula is C24H29N3O3. The van der Waals surface area contributed by atoms with Gasteiger partial charge >= 0.3 is 0 Å². The molecule has 6 nitrogen and oxygen atoms in total. The molecule has 2 aromatic carbocycles. The first-order chi connectivity index (χ1) is 14.2. The summed E-state index contributed by atoms with van der Waals surface area (Å²) in [6.07, 6.45) is 1.50. The number of carbonyl (C=O) groups is 1. The van der Waals surface area contributed by atoms with Crippen molar-refractivity contribution in [2.45, 2.75) is 47.5 Å². The number of aryl methyl sites for hydroxylation is 3. The molecule has 3 aromatic rings. The molecule has 30 heavy (non-hydrogen) atoms. The molecule has 0 spiro atoms. The quantitative estimate of drug-likeness (QED) is 0.500. The van der Waals surface area contributed by atoms with Crippen molar-refractivity contribution in [3.63, 3.8) is 0 Å². The van der Waals surface area contributed by atoms with Gasteiger partial charge in [-0.05, 0) is 62.1 Å². The fourth-order valence-corrected chi connectivity index (χ4v) is 3.12. The average molecular weight is 408 g/mol. The summed E-state index contributed by atoms with van der Waals surface area (Å²) >= 11 is 0. The molecule has 1 aromatic heterocycles. The largest absolute Gasteiger partial charge is 0.493 e. The number of ether oxygens (including phenoxy) is 1. The normalized spacial score (nSPS) is 11.4. The highest BCUT2D eigenvalue weighted by Crippen LogP contribution is 2.27. The lowest BCUT2D eigenvalue weighted by atomic mass is 9.87. The lowest BCUT2D eigenvalue weighted by molar-refractivity contribution is -0.124. The van der Waals surface area contributed by atoms with Gasteiger partial charge in [0.25, 0.3) is 0 Å². The third-order valence-corrected chi connectivity index (χ3v) is 5.06. The SMILES string of the molecule is Cc1ccc(C)c(OCCCC(C)(C)C(=O)Nc2cccc(-c3nnc(C)o3)c2)c1. The Hall–Kier alpha value is -3.15. The molecule has 1 amide bonds. The van der Waals surface area contributed by atoms with Gasteiger partial charge in [-0.3, -0.25) is 4.79 Å². The van der Waals surface area contributed by atoms with Crippen LogP contribution in [-0.2, 0) is 4.79 Å². The van der Waals surface area contributed by atoms with Crippen molar-refractivity contribution in [2.75, 3.05) is 11.9 Å². The lowest BCUT2D eigenvalue weighted by Crippen LogP contribution is -2.31. The van der Waals surface area contributed by atoms with Crippen molar-refractivity contribution in [3.8, 4) is 17.2 Å². The molecule has 0 fully saturated rings. The summed E-state index contributed by atoms with van der Waals surface area (Å²) in [5.41, 5.74) is 3.24. The van der Waals surface area contributed by atoms with E-state index in [1.165, 1.54) is 5.56 Å². The van der Waals surface area contributed by atoms with Crippen molar-refractivity contribution in [2.24, 2.45) is 5.41 Å². The maximum absolute atomic E-state index is 12.8. The Balaban J connectivity index is 1.54. The molecule has 0 aliphatic heterocycles. The van der Waals surface area contributed by atoms with E-state index >= 15 is 0 Å². The molecule has 1 N–H and O–H groups in total. The van der Waals surface area contributed by atoms with E-state index in [9.17, 15) is 4.79 Å². The van der Waals surface area contributed by atoms with Crippen molar-refractivity contribution in [1.29, 1.82) is 0 Å². The predicted octanol–water partition coefficient (Wildman–Crippen LogP) is 5.49. The van der Waals surface area contributed by atoms with Crippen molar-refractivity contribution < 1.29 is 13.9 Å². The van der Waals surface area contributed by atoms with E-state index in [1.54, 1.807) is 6.92 Å². The minimum Gasteiger partial charge on any atom is -0.493 e. The molecule has 6 heteroatoms. The Labute approximate surface area is 177 Å². The first-order valence-electron chi connectivity index (χ1n) is 10.2. The Morgan fingerprint density at radius 1 is 1.10 bits per heavy atom. The van der Waals surface area contributed by atoms with Crippen LogP contribution in [0.1, 0.15) is 43.7 Å². The van der Waals surface area contributed by atoms with Crippen LogP contribution in [-0.4, -0.2) is 22.7 Å². The molecule has 0 saturated heterocycles. The summed E-state index contributed by atoms with van der Waals surface area (Å²) in [6, 6.07) is 13.6. The zero-order valence-electron chi connectivity index (χ0n) is 18.3. The monoisotopic (exact) mass is 407 g/mol. The highest BCUT2D eigenvalue weighted by atomic mass is 16.5. The highest BCUT2D eigenvalue weighted by molar-refractivity contribution is 5.95. The zero-order chi connectivity index (χ0) is 21.7. The molecule has 158 valence electrons. The third-order valence-electron chi connectivity index (χ3n) is 5.06. The van der Waals surface area contributed by atoms with Gasteiger partial charge in [-0.25, -0.2) is 0 Å². The van der Waals surface area contributed by atoms with E-state index in [0.717, 1.165) is 23.3 Å². The number of benzene rings is 2. The summed E-state index contributed by atoms with van der Waals surface area (Å²) in [5.74, 6) is 1.81. The number of hydrogen-bond acceptors (Lipinski definition) is 5. The smallest absolute Gasteiger partial charge is 0.247 e. The molecular weight excluding hydrogens is 378 g/mol. The van der Waals surface area contributed by atoms with Crippen LogP contribution in [0.5, 0.6) is 5.75 Å². The molecule has 0 aliphatic rings. The molecule has 0 bridgehead atoms. The topological polar surface area (TPSA) is 77.2 Å². The van der Waals surface area contributed by atoms with Gasteiger partial charge in [-0.2, -0.15) is 0 Å². The number of anilines is 1. The number of nitrogens with zero attached hydrogens (tertiary/aromatic N) is 2. The zero-order valence-corrected chi connectivity index (χ0v) is 18.3. The Bertz CT molecular complexity index is 1020. The summed E-state index contributed by atoms with van der Waals surface area (Å²) in [5, 5.41) is 10.9. The number of rotatable bonds is 8. The molecule has 0 saturated carbocycles. The van der Waals surface area contributed by atoms with Crippen LogP contribution >= 0.6 is 0 Å². The Morgan fingerprint density at radius 3 is 2.63 bits per heavy atom. The second-order valence-corrected chi connectivity index (χ2v) is 8.27. The van der Waals surface area contributed by atoms with Crippen LogP contribution in [0.25, 0.3) is 11.5 Å². The maximum Gasteiger partial charge on any atom is 0.247 e. The molecule has 3 rings (SSSR count). The van der Waals surface area contributed by atoms with Crippen LogP contribution in [0, 0.1) is 26.2 Å². The first kappa shape index (κ1) is 21.6. The fourth-order valence-electron chi connectivity index (χ4n) is 3.12. The highest BCUT2D eigenvalue weighted by Gasteiger charge is 2.27. The number of nitrogens with one attached hydrogen (secondary N) is 1. The molecule has 1 heterocycles. The van der Waals surface area contributed by atoms with Gasteiger partial charge in [-0.15, -0.1) is 10.2 Å². The maximum atomic E-state index is 12.8. The van der Waals surface area contributed by atoms with Gasteiger partial charge in [0.1, 0.15) is 5.75 Å². The second kappa shape index (κ2) is 9.11. The number of aromatic nitrogens is 2. The Morgan fingerprint density at radius 2 is 1.90 bits per heavy atom. The van der Waals surface area contributed by atoms with Gasteiger partial charge in [0.2, 0.25) is 17.7 Å². The number of hydrogen-bond donors (Lipinski definition) is 1. The van der Waals surface area contributed by atoms with Crippen LogP contribution in [0.15, 0.2) is 46.9 Å².